The summed E-state index contributed by atoms with van der Waals surface area (Å²) < 4.78 is 1.91. The largest absolute Gasteiger partial charge is 0.337 e. The van der Waals surface area contributed by atoms with Gasteiger partial charge in [-0.15, -0.1) is 24.8 Å². The molecule has 2 aliphatic heterocycles. The van der Waals surface area contributed by atoms with Gasteiger partial charge in [-0.3, -0.25) is 9.69 Å². The first-order chi connectivity index (χ1) is 12.5. The minimum Gasteiger partial charge on any atom is -0.337 e. The molecule has 156 valence electrons. The van der Waals surface area contributed by atoms with Crippen molar-refractivity contribution in [3.05, 3.63) is 23.5 Å². The molecule has 2 fully saturated rings. The Kier molecular flexibility index (Phi) is 7.67. The van der Waals surface area contributed by atoms with Gasteiger partial charge in [0.25, 0.3) is 5.91 Å². The number of carbonyl (C=O) groups is 1. The van der Waals surface area contributed by atoms with Gasteiger partial charge in [0.05, 0.1) is 17.5 Å². The predicted octanol–water partition coefficient (Wildman–Crippen LogP) is 2.28. The van der Waals surface area contributed by atoms with Crippen LogP contribution in [0.3, 0.4) is 0 Å². The molecule has 1 N–H and O–H groups in total. The van der Waals surface area contributed by atoms with Crippen LogP contribution in [-0.2, 0) is 0 Å². The number of aromatic nitrogens is 3. The molecule has 1 atom stereocenters. The lowest BCUT2D eigenvalue weighted by molar-refractivity contribution is 0.0772. The normalized spacial score (nSPS) is 20.3. The molecule has 4 rings (SSSR count). The molecule has 0 radical (unpaired) electrons. The van der Waals surface area contributed by atoms with E-state index in [1.165, 1.54) is 0 Å². The van der Waals surface area contributed by atoms with Crippen LogP contribution in [0.25, 0.3) is 11.0 Å². The molecular formula is C19H30Cl2N6O. The minimum absolute atomic E-state index is 0. The second-order valence-electron chi connectivity index (χ2n) is 7.70. The van der Waals surface area contributed by atoms with E-state index < -0.39 is 0 Å². The summed E-state index contributed by atoms with van der Waals surface area (Å²) in [5.74, 6) is 0.104. The Morgan fingerprint density at radius 2 is 1.93 bits per heavy atom. The minimum atomic E-state index is 0. The maximum atomic E-state index is 13.1. The fourth-order valence-electron chi connectivity index (χ4n) is 4.10. The molecule has 0 spiro atoms. The summed E-state index contributed by atoms with van der Waals surface area (Å²) in [4.78, 5) is 22.3. The molecule has 4 heterocycles. The van der Waals surface area contributed by atoms with E-state index in [-0.39, 0.29) is 36.8 Å². The van der Waals surface area contributed by atoms with Crippen molar-refractivity contribution in [1.82, 2.24) is 29.9 Å². The fraction of sp³-hybridized carbons (Fsp3) is 0.632. The molecule has 2 aromatic rings. The first-order valence-corrected chi connectivity index (χ1v) is 9.63. The van der Waals surface area contributed by atoms with E-state index in [9.17, 15) is 4.79 Å². The number of likely N-dealkylation sites (tertiary alicyclic amines) is 1. The van der Waals surface area contributed by atoms with E-state index in [2.05, 4.69) is 29.2 Å². The maximum Gasteiger partial charge on any atom is 0.255 e. The third-order valence-corrected chi connectivity index (χ3v) is 5.60. The summed E-state index contributed by atoms with van der Waals surface area (Å²) in [5, 5.41) is 8.75. The van der Waals surface area contributed by atoms with Gasteiger partial charge in [0.15, 0.2) is 5.65 Å². The molecule has 0 aliphatic carbocycles. The van der Waals surface area contributed by atoms with Crippen LogP contribution < -0.4 is 5.32 Å². The van der Waals surface area contributed by atoms with Crippen molar-refractivity contribution in [2.75, 3.05) is 39.3 Å². The fourth-order valence-corrected chi connectivity index (χ4v) is 4.10. The first kappa shape index (κ1) is 22.9. The highest BCUT2D eigenvalue weighted by atomic mass is 35.5. The SMILES string of the molecule is Cc1nc2c(cnn2C(C)C)cc1C(=O)N1CCC(N2CCNCC2)C1.Cl.Cl. The van der Waals surface area contributed by atoms with E-state index in [0.29, 0.717) is 11.6 Å². The van der Waals surface area contributed by atoms with Crippen LogP contribution in [0.4, 0.5) is 0 Å². The summed E-state index contributed by atoms with van der Waals surface area (Å²) in [5.41, 5.74) is 2.35. The third-order valence-electron chi connectivity index (χ3n) is 5.60. The molecule has 28 heavy (non-hydrogen) atoms. The molecule has 1 unspecified atom stereocenters. The van der Waals surface area contributed by atoms with Gasteiger partial charge in [-0.25, -0.2) is 9.67 Å². The molecule has 7 nitrogen and oxygen atoms in total. The maximum absolute atomic E-state index is 13.1. The highest BCUT2D eigenvalue weighted by Gasteiger charge is 2.32. The summed E-state index contributed by atoms with van der Waals surface area (Å²) >= 11 is 0. The standard InChI is InChI=1S/C19H28N6O.2ClH/c1-13(2)25-18-15(11-21-25)10-17(14(3)22-18)19(26)24-7-4-16(12-24)23-8-5-20-6-9-23;;/h10-11,13,16,20H,4-9,12H2,1-3H3;2*1H. The lowest BCUT2D eigenvalue weighted by Crippen LogP contribution is -2.49. The van der Waals surface area contributed by atoms with Gasteiger partial charge in [0.1, 0.15) is 0 Å². The number of rotatable bonds is 3. The second-order valence-corrected chi connectivity index (χ2v) is 7.70. The van der Waals surface area contributed by atoms with Crippen molar-refractivity contribution in [2.45, 2.75) is 39.3 Å². The highest BCUT2D eigenvalue weighted by molar-refractivity contribution is 5.98. The number of hydrogen-bond acceptors (Lipinski definition) is 5. The molecular weight excluding hydrogens is 399 g/mol. The van der Waals surface area contributed by atoms with Crippen molar-refractivity contribution in [1.29, 1.82) is 0 Å². The molecule has 0 bridgehead atoms. The number of aryl methyl sites for hydroxylation is 1. The van der Waals surface area contributed by atoms with Crippen LogP contribution in [0.2, 0.25) is 0 Å². The van der Waals surface area contributed by atoms with Gasteiger partial charge in [-0.1, -0.05) is 0 Å². The highest BCUT2D eigenvalue weighted by Crippen LogP contribution is 2.23. The summed E-state index contributed by atoms with van der Waals surface area (Å²) in [6.07, 6.45) is 2.87. The Balaban J connectivity index is 0.00000140. The smallest absolute Gasteiger partial charge is 0.255 e. The number of pyridine rings is 1. The van der Waals surface area contributed by atoms with Gasteiger partial charge in [-0.2, -0.15) is 5.10 Å². The van der Waals surface area contributed by atoms with Gasteiger partial charge in [0.2, 0.25) is 0 Å². The average molecular weight is 429 g/mol. The van der Waals surface area contributed by atoms with Crippen LogP contribution in [0, 0.1) is 6.92 Å². The lowest BCUT2D eigenvalue weighted by atomic mass is 10.1. The number of hydrogen-bond donors (Lipinski definition) is 1. The summed E-state index contributed by atoms with van der Waals surface area (Å²) in [6, 6.07) is 2.70. The zero-order chi connectivity index (χ0) is 18.3. The molecule has 1 amide bonds. The summed E-state index contributed by atoms with van der Waals surface area (Å²) in [7, 11) is 0. The Bertz CT molecular complexity index is 818. The van der Waals surface area contributed by atoms with Crippen molar-refractivity contribution < 1.29 is 4.79 Å². The van der Waals surface area contributed by atoms with Crippen molar-refractivity contribution >= 4 is 41.8 Å². The van der Waals surface area contributed by atoms with E-state index >= 15 is 0 Å². The monoisotopic (exact) mass is 428 g/mol. The molecule has 2 aliphatic rings. The van der Waals surface area contributed by atoms with Crippen LogP contribution in [0.5, 0.6) is 0 Å². The first-order valence-electron chi connectivity index (χ1n) is 9.63. The van der Waals surface area contributed by atoms with Crippen molar-refractivity contribution in [2.24, 2.45) is 0 Å². The molecule has 2 saturated heterocycles. The van der Waals surface area contributed by atoms with Gasteiger partial charge in [-0.05, 0) is 33.3 Å². The van der Waals surface area contributed by atoms with E-state index in [4.69, 9.17) is 4.98 Å². The number of halogens is 2. The Morgan fingerprint density at radius 3 is 2.61 bits per heavy atom. The van der Waals surface area contributed by atoms with Crippen molar-refractivity contribution in [3.63, 3.8) is 0 Å². The second kappa shape index (κ2) is 9.39. The molecule has 0 saturated carbocycles. The lowest BCUT2D eigenvalue weighted by Gasteiger charge is -2.32. The van der Waals surface area contributed by atoms with Gasteiger partial charge >= 0.3 is 0 Å². The average Bonchev–Trinajstić information content (AvgIpc) is 3.28. The van der Waals surface area contributed by atoms with Crippen LogP contribution >= 0.6 is 24.8 Å². The molecule has 2 aromatic heterocycles. The van der Waals surface area contributed by atoms with Gasteiger partial charge < -0.3 is 10.2 Å². The number of fused-ring (bicyclic) bond motifs is 1. The number of carbonyl (C=O) groups excluding carboxylic acids is 1. The Morgan fingerprint density at radius 1 is 1.21 bits per heavy atom. The number of nitrogens with one attached hydrogen (secondary N) is 1. The van der Waals surface area contributed by atoms with E-state index in [1.54, 1.807) is 0 Å². The topological polar surface area (TPSA) is 66.3 Å². The zero-order valence-corrected chi connectivity index (χ0v) is 18.4. The third kappa shape index (κ3) is 4.27. The quantitative estimate of drug-likeness (QED) is 0.811. The van der Waals surface area contributed by atoms with Crippen LogP contribution in [0.1, 0.15) is 42.4 Å². The predicted molar refractivity (Wildman–Crippen MR) is 116 cm³/mol. The Hall–Kier alpha value is -1.41. The van der Waals surface area contributed by atoms with E-state index in [0.717, 1.165) is 62.4 Å². The van der Waals surface area contributed by atoms with E-state index in [1.807, 2.05) is 28.8 Å². The van der Waals surface area contributed by atoms with Crippen LogP contribution in [0.15, 0.2) is 12.3 Å². The molecule has 0 aromatic carbocycles. The summed E-state index contributed by atoms with van der Waals surface area (Å²) in [6.45, 7) is 12.0. The number of amides is 1. The Labute approximate surface area is 178 Å². The number of piperazine rings is 1. The zero-order valence-electron chi connectivity index (χ0n) is 16.7. The molecule has 9 heteroatoms. The van der Waals surface area contributed by atoms with Crippen molar-refractivity contribution in [3.8, 4) is 0 Å². The van der Waals surface area contributed by atoms with Gasteiger partial charge in [0, 0.05) is 56.7 Å². The van der Waals surface area contributed by atoms with Crippen LogP contribution in [-0.4, -0.2) is 75.8 Å². The number of nitrogens with zero attached hydrogens (tertiary/aromatic N) is 5.